The number of aliphatic hydroxyl groups is 1. The molecule has 3 rings (SSSR count). The maximum absolute atomic E-state index is 9.75. The molecule has 1 aliphatic heterocycles. The van der Waals surface area contributed by atoms with Crippen molar-refractivity contribution in [1.82, 2.24) is 0 Å². The first-order valence-electron chi connectivity index (χ1n) is 7.25. The Morgan fingerprint density at radius 2 is 1.94 bits per heavy atom. The summed E-state index contributed by atoms with van der Waals surface area (Å²) in [7, 11) is 0. The molecule has 3 fully saturated rings. The predicted octanol–water partition coefficient (Wildman–Crippen LogP) is 3.13. The monoisotopic (exact) mass is 238 g/mol. The first kappa shape index (κ1) is 12.0. The Balaban J connectivity index is 2.03. The minimum absolute atomic E-state index is 0.0164. The molecule has 3 aliphatic rings. The van der Waals surface area contributed by atoms with Crippen molar-refractivity contribution in [2.24, 2.45) is 17.3 Å². The molecule has 0 amide bonds. The summed E-state index contributed by atoms with van der Waals surface area (Å²) in [4.78, 5) is 0. The maximum Gasteiger partial charge on any atom is 0.0796 e. The number of ether oxygens (including phenoxy) is 1. The summed E-state index contributed by atoms with van der Waals surface area (Å²) in [5.41, 5.74) is 0.303. The summed E-state index contributed by atoms with van der Waals surface area (Å²) in [6.45, 7) is 7.22. The highest BCUT2D eigenvalue weighted by Gasteiger charge is 2.65. The SMILES string of the molecule is CC1(C)OC23C[C@H]1CC[C@]2(C)CCC[C@H]3CO. The van der Waals surface area contributed by atoms with Gasteiger partial charge in [-0.25, -0.2) is 0 Å². The van der Waals surface area contributed by atoms with E-state index in [1.54, 1.807) is 0 Å². The first-order valence-corrected chi connectivity index (χ1v) is 7.25. The molecule has 4 atom stereocenters. The van der Waals surface area contributed by atoms with Crippen molar-refractivity contribution in [1.29, 1.82) is 0 Å². The van der Waals surface area contributed by atoms with E-state index in [0.29, 0.717) is 23.9 Å². The molecule has 0 aromatic rings. The molecule has 2 bridgehead atoms. The predicted molar refractivity (Wildman–Crippen MR) is 67.8 cm³/mol. The van der Waals surface area contributed by atoms with Gasteiger partial charge < -0.3 is 9.84 Å². The van der Waals surface area contributed by atoms with Gasteiger partial charge in [0.2, 0.25) is 0 Å². The summed E-state index contributed by atoms with van der Waals surface area (Å²) in [6.07, 6.45) is 7.47. The Kier molecular flexibility index (Phi) is 2.45. The topological polar surface area (TPSA) is 29.5 Å². The lowest BCUT2D eigenvalue weighted by molar-refractivity contribution is -0.203. The second-order valence-corrected chi connectivity index (χ2v) is 7.37. The molecule has 17 heavy (non-hydrogen) atoms. The van der Waals surface area contributed by atoms with Gasteiger partial charge in [-0.2, -0.15) is 0 Å². The van der Waals surface area contributed by atoms with Crippen molar-refractivity contribution >= 4 is 0 Å². The number of aliphatic hydroxyl groups excluding tert-OH is 1. The van der Waals surface area contributed by atoms with Crippen molar-refractivity contribution in [3.05, 3.63) is 0 Å². The molecule has 0 aromatic carbocycles. The number of hydrogen-bond acceptors (Lipinski definition) is 2. The van der Waals surface area contributed by atoms with Crippen LogP contribution in [0.15, 0.2) is 0 Å². The summed E-state index contributed by atoms with van der Waals surface area (Å²) >= 11 is 0. The van der Waals surface area contributed by atoms with E-state index in [1.165, 1.54) is 32.1 Å². The van der Waals surface area contributed by atoms with E-state index in [9.17, 15) is 5.11 Å². The Morgan fingerprint density at radius 1 is 1.18 bits per heavy atom. The van der Waals surface area contributed by atoms with Crippen LogP contribution in [0.3, 0.4) is 0 Å². The lowest BCUT2D eigenvalue weighted by Crippen LogP contribution is -2.57. The highest BCUT2D eigenvalue weighted by molar-refractivity contribution is 5.15. The lowest BCUT2D eigenvalue weighted by atomic mass is 9.52. The molecule has 1 N–H and O–H groups in total. The normalized spacial score (nSPS) is 52.2. The van der Waals surface area contributed by atoms with E-state index >= 15 is 0 Å². The minimum atomic E-state index is -0.0214. The van der Waals surface area contributed by atoms with Crippen molar-refractivity contribution in [2.75, 3.05) is 6.61 Å². The van der Waals surface area contributed by atoms with Crippen molar-refractivity contribution < 1.29 is 9.84 Å². The van der Waals surface area contributed by atoms with Crippen LogP contribution >= 0.6 is 0 Å². The quantitative estimate of drug-likeness (QED) is 0.760. The fraction of sp³-hybridized carbons (Fsp3) is 1.00. The molecule has 2 aliphatic carbocycles. The summed E-state index contributed by atoms with van der Waals surface area (Å²) in [6, 6.07) is 0. The van der Waals surface area contributed by atoms with Gasteiger partial charge in [-0.1, -0.05) is 13.3 Å². The molecule has 2 saturated carbocycles. The van der Waals surface area contributed by atoms with Crippen LogP contribution in [-0.2, 0) is 4.74 Å². The number of hydrogen-bond donors (Lipinski definition) is 1. The molecule has 0 radical (unpaired) electrons. The molecular formula is C15H26O2. The van der Waals surface area contributed by atoms with Crippen molar-refractivity contribution in [3.8, 4) is 0 Å². The number of fused-ring (bicyclic) bond motifs is 1. The molecular weight excluding hydrogens is 212 g/mol. The zero-order valence-corrected chi connectivity index (χ0v) is 11.5. The smallest absolute Gasteiger partial charge is 0.0796 e. The standard InChI is InChI=1S/C15H26O2/c1-13(2)11-6-8-14(3)7-4-5-12(10-16)15(14,9-11)17-13/h11-12,16H,4-10H2,1-3H3/t11-,12+,14+,15?/m1/s1. The fourth-order valence-corrected chi connectivity index (χ4v) is 5.02. The van der Waals surface area contributed by atoms with E-state index in [-0.39, 0.29) is 11.2 Å². The molecule has 2 nitrogen and oxygen atoms in total. The average molecular weight is 238 g/mol. The van der Waals surface area contributed by atoms with Gasteiger partial charge in [0.05, 0.1) is 11.2 Å². The van der Waals surface area contributed by atoms with Gasteiger partial charge in [0.1, 0.15) is 0 Å². The molecule has 0 aromatic heterocycles. The van der Waals surface area contributed by atoms with E-state index in [1.807, 2.05) is 0 Å². The summed E-state index contributed by atoms with van der Waals surface area (Å²) in [5.74, 6) is 1.06. The zero-order chi connectivity index (χ0) is 12.3. The van der Waals surface area contributed by atoms with E-state index in [2.05, 4.69) is 20.8 Å². The van der Waals surface area contributed by atoms with Crippen LogP contribution in [0.5, 0.6) is 0 Å². The van der Waals surface area contributed by atoms with Crippen LogP contribution in [0.4, 0.5) is 0 Å². The maximum atomic E-state index is 9.75. The summed E-state index contributed by atoms with van der Waals surface area (Å²) in [5, 5.41) is 9.75. The fourth-order valence-electron chi connectivity index (χ4n) is 5.02. The lowest BCUT2D eigenvalue weighted by Gasteiger charge is -2.55. The first-order chi connectivity index (χ1) is 7.94. The van der Waals surface area contributed by atoms with Crippen molar-refractivity contribution in [3.63, 3.8) is 0 Å². The van der Waals surface area contributed by atoms with Crippen LogP contribution in [0.1, 0.15) is 59.3 Å². The molecule has 98 valence electrons. The third-order valence-corrected chi connectivity index (χ3v) is 6.21. The average Bonchev–Trinajstić information content (AvgIpc) is 2.49. The number of rotatable bonds is 1. The van der Waals surface area contributed by atoms with Gasteiger partial charge >= 0.3 is 0 Å². The molecule has 1 unspecified atom stereocenters. The highest BCUT2D eigenvalue weighted by Crippen LogP contribution is 2.65. The second-order valence-electron chi connectivity index (χ2n) is 7.37. The third-order valence-electron chi connectivity index (χ3n) is 6.21. The Bertz CT molecular complexity index is 325. The molecule has 1 saturated heterocycles. The minimum Gasteiger partial charge on any atom is -0.396 e. The van der Waals surface area contributed by atoms with Gasteiger partial charge in [-0.3, -0.25) is 0 Å². The van der Waals surface area contributed by atoms with Gasteiger partial charge in [0.25, 0.3) is 0 Å². The molecule has 2 heteroatoms. The Hall–Kier alpha value is -0.0800. The van der Waals surface area contributed by atoms with Crippen LogP contribution < -0.4 is 0 Å². The Morgan fingerprint density at radius 3 is 2.65 bits per heavy atom. The van der Waals surface area contributed by atoms with Crippen LogP contribution in [0.2, 0.25) is 0 Å². The second kappa shape index (κ2) is 3.48. The largest absolute Gasteiger partial charge is 0.396 e. The highest BCUT2D eigenvalue weighted by atomic mass is 16.5. The molecule has 1 spiro atoms. The van der Waals surface area contributed by atoms with Crippen molar-refractivity contribution in [2.45, 2.75) is 70.5 Å². The van der Waals surface area contributed by atoms with Gasteiger partial charge in [-0.05, 0) is 57.3 Å². The van der Waals surface area contributed by atoms with Gasteiger partial charge in [-0.15, -0.1) is 0 Å². The summed E-state index contributed by atoms with van der Waals surface area (Å²) < 4.78 is 6.61. The van der Waals surface area contributed by atoms with Crippen LogP contribution in [0.25, 0.3) is 0 Å². The zero-order valence-electron chi connectivity index (χ0n) is 11.5. The van der Waals surface area contributed by atoms with Crippen LogP contribution in [0, 0.1) is 17.3 Å². The van der Waals surface area contributed by atoms with Gasteiger partial charge in [0, 0.05) is 12.5 Å². The van der Waals surface area contributed by atoms with Crippen LogP contribution in [-0.4, -0.2) is 22.9 Å². The van der Waals surface area contributed by atoms with E-state index in [0.717, 1.165) is 6.42 Å². The molecule has 1 heterocycles. The van der Waals surface area contributed by atoms with E-state index < -0.39 is 0 Å². The van der Waals surface area contributed by atoms with E-state index in [4.69, 9.17) is 4.74 Å². The Labute approximate surface area is 105 Å². The van der Waals surface area contributed by atoms with Gasteiger partial charge in [0.15, 0.2) is 0 Å². The third kappa shape index (κ3) is 1.40.